The van der Waals surface area contributed by atoms with E-state index in [0.717, 1.165) is 19.8 Å². The summed E-state index contributed by atoms with van der Waals surface area (Å²) in [7, 11) is 0. The highest BCUT2D eigenvalue weighted by molar-refractivity contribution is 5.77. The van der Waals surface area contributed by atoms with Gasteiger partial charge in [-0.3, -0.25) is 0 Å². The molecule has 0 radical (unpaired) electrons. The molecule has 4 aromatic carbocycles. The van der Waals surface area contributed by atoms with Crippen molar-refractivity contribution in [3.8, 4) is 22.3 Å². The maximum absolute atomic E-state index is 2.67. The summed E-state index contributed by atoms with van der Waals surface area (Å²) < 4.78 is 0. The van der Waals surface area contributed by atoms with Crippen molar-refractivity contribution in [3.63, 3.8) is 0 Å². The second-order valence-electron chi connectivity index (χ2n) is 14.0. The molecule has 2 heteroatoms. The molecule has 1 aliphatic rings. The summed E-state index contributed by atoms with van der Waals surface area (Å²) in [6.07, 6.45) is 0. The van der Waals surface area contributed by atoms with Gasteiger partial charge in [0.2, 0.25) is 0 Å². The average molecular weight is 573 g/mol. The predicted octanol–water partition coefficient (Wildman–Crippen LogP) is 11.4. The molecular formula is C41H52N2. The van der Waals surface area contributed by atoms with Crippen molar-refractivity contribution in [1.29, 1.82) is 0 Å². The quantitative estimate of drug-likeness (QED) is 0.207. The molecule has 1 fully saturated rings. The van der Waals surface area contributed by atoms with Gasteiger partial charge in [0.1, 0.15) is 0 Å². The van der Waals surface area contributed by atoms with Crippen LogP contribution in [0.25, 0.3) is 22.3 Å². The van der Waals surface area contributed by atoms with E-state index in [1.165, 1.54) is 67.0 Å². The van der Waals surface area contributed by atoms with Gasteiger partial charge in [-0.15, -0.1) is 0 Å². The maximum Gasteiger partial charge on any atom is 0.0904 e. The fourth-order valence-electron chi connectivity index (χ4n) is 6.63. The van der Waals surface area contributed by atoms with Crippen molar-refractivity contribution >= 4 is 11.4 Å². The van der Waals surface area contributed by atoms with Gasteiger partial charge in [-0.25, -0.2) is 0 Å². The lowest BCUT2D eigenvalue weighted by Crippen LogP contribution is -2.28. The van der Waals surface area contributed by atoms with Gasteiger partial charge in [0.05, 0.1) is 6.67 Å². The Morgan fingerprint density at radius 2 is 0.698 bits per heavy atom. The van der Waals surface area contributed by atoms with Gasteiger partial charge in [-0.1, -0.05) is 115 Å². The monoisotopic (exact) mass is 572 g/mol. The largest absolute Gasteiger partial charge is 0.352 e. The Hall–Kier alpha value is -3.52. The van der Waals surface area contributed by atoms with Crippen LogP contribution in [0.5, 0.6) is 0 Å². The third-order valence-corrected chi connectivity index (χ3v) is 9.21. The Bertz CT molecular complexity index is 1380. The molecule has 43 heavy (non-hydrogen) atoms. The molecule has 0 saturated carbocycles. The summed E-state index contributed by atoms with van der Waals surface area (Å²) in [5.74, 6) is 1.77. The number of nitrogens with zero attached hydrogens (tertiary/aromatic N) is 2. The van der Waals surface area contributed by atoms with E-state index in [1.807, 2.05) is 0 Å². The second-order valence-corrected chi connectivity index (χ2v) is 14.0. The van der Waals surface area contributed by atoms with Gasteiger partial charge in [0.15, 0.2) is 0 Å². The topological polar surface area (TPSA) is 6.48 Å². The number of anilines is 2. The van der Waals surface area contributed by atoms with E-state index in [9.17, 15) is 0 Å². The Balaban J connectivity index is 1.58. The van der Waals surface area contributed by atoms with Crippen LogP contribution in [-0.4, -0.2) is 19.8 Å². The van der Waals surface area contributed by atoms with Gasteiger partial charge in [0, 0.05) is 24.5 Å². The number of hydrogen-bond acceptors (Lipinski definition) is 2. The molecule has 226 valence electrons. The van der Waals surface area contributed by atoms with E-state index in [2.05, 4.69) is 152 Å². The normalized spacial score (nSPS) is 13.8. The minimum Gasteiger partial charge on any atom is -0.352 e. The van der Waals surface area contributed by atoms with Crippen molar-refractivity contribution in [2.45, 2.75) is 92.9 Å². The molecular weight excluding hydrogens is 520 g/mol. The molecule has 1 heterocycles. The van der Waals surface area contributed by atoms with Crippen LogP contribution in [-0.2, 0) is 0 Å². The van der Waals surface area contributed by atoms with Crippen LogP contribution in [0, 0.1) is 13.8 Å². The standard InChI is InChI=1S/C41H52N2/c1-26(2)36-21-34(32-15-11-30(9)12-16-32)22-37(27(3)4)40(36)42-19-20-43(25-42)41-38(28(5)6)23-35(24-39(41)29(7)8)33-17-13-31(10)14-18-33/h11-18,21-24,26-29H,19-20,25H2,1-10H3. The lowest BCUT2D eigenvalue weighted by molar-refractivity contribution is 0.798. The molecule has 2 nitrogen and oxygen atoms in total. The molecule has 0 unspecified atom stereocenters. The molecule has 0 aromatic heterocycles. The highest BCUT2D eigenvalue weighted by Crippen LogP contribution is 2.44. The molecule has 0 aliphatic carbocycles. The van der Waals surface area contributed by atoms with Crippen LogP contribution in [0.4, 0.5) is 11.4 Å². The molecule has 0 atom stereocenters. The van der Waals surface area contributed by atoms with E-state index in [4.69, 9.17) is 0 Å². The van der Waals surface area contributed by atoms with Crippen molar-refractivity contribution in [1.82, 2.24) is 0 Å². The second kappa shape index (κ2) is 12.6. The van der Waals surface area contributed by atoms with Crippen LogP contribution in [0.1, 0.15) is 112 Å². The maximum atomic E-state index is 2.67. The first-order valence-corrected chi connectivity index (χ1v) is 16.4. The van der Waals surface area contributed by atoms with Crippen molar-refractivity contribution in [2.24, 2.45) is 0 Å². The van der Waals surface area contributed by atoms with Crippen LogP contribution < -0.4 is 9.80 Å². The lowest BCUT2D eigenvalue weighted by Gasteiger charge is -2.32. The summed E-state index contributed by atoms with van der Waals surface area (Å²) in [4.78, 5) is 5.34. The van der Waals surface area contributed by atoms with E-state index >= 15 is 0 Å². The molecule has 0 bridgehead atoms. The molecule has 0 N–H and O–H groups in total. The molecule has 4 aromatic rings. The lowest BCUT2D eigenvalue weighted by atomic mass is 9.87. The van der Waals surface area contributed by atoms with Crippen LogP contribution in [0.3, 0.4) is 0 Å². The smallest absolute Gasteiger partial charge is 0.0904 e. The molecule has 0 spiro atoms. The molecule has 5 rings (SSSR count). The average Bonchev–Trinajstić information content (AvgIpc) is 3.46. The Morgan fingerprint density at radius 3 is 0.953 bits per heavy atom. The third-order valence-electron chi connectivity index (χ3n) is 9.21. The van der Waals surface area contributed by atoms with Crippen LogP contribution in [0.15, 0.2) is 72.8 Å². The summed E-state index contributed by atoms with van der Waals surface area (Å²) >= 11 is 0. The SMILES string of the molecule is Cc1ccc(-c2cc(C(C)C)c(N3CCN(c4c(C(C)C)cc(-c5ccc(C)cc5)cc4C(C)C)C3)c(C(C)C)c2)cc1. The first-order valence-electron chi connectivity index (χ1n) is 16.4. The van der Waals surface area contributed by atoms with Gasteiger partial charge < -0.3 is 9.80 Å². The number of aryl methyl sites for hydroxylation is 2. The zero-order valence-electron chi connectivity index (χ0n) is 28.3. The summed E-state index contributed by atoms with van der Waals surface area (Å²) in [5.41, 5.74) is 16.7. The summed E-state index contributed by atoms with van der Waals surface area (Å²) in [5, 5.41) is 0. The Kier molecular flexibility index (Phi) is 9.07. The number of benzene rings is 4. The Labute approximate surface area is 261 Å². The summed E-state index contributed by atoms with van der Waals surface area (Å²) in [6, 6.07) is 27.9. The summed E-state index contributed by atoms with van der Waals surface area (Å²) in [6.45, 7) is 26.2. The van der Waals surface area contributed by atoms with E-state index in [-0.39, 0.29) is 0 Å². The fraction of sp³-hybridized carbons (Fsp3) is 0.415. The molecule has 1 aliphatic heterocycles. The first kappa shape index (κ1) is 30.9. The zero-order valence-corrected chi connectivity index (χ0v) is 28.3. The van der Waals surface area contributed by atoms with Crippen molar-refractivity contribution < 1.29 is 0 Å². The van der Waals surface area contributed by atoms with E-state index in [0.29, 0.717) is 23.7 Å². The number of rotatable bonds is 8. The number of hydrogen-bond donors (Lipinski definition) is 0. The van der Waals surface area contributed by atoms with Gasteiger partial charge in [-0.05, 0) is 106 Å². The first-order chi connectivity index (χ1) is 20.4. The minimum absolute atomic E-state index is 0.443. The van der Waals surface area contributed by atoms with Gasteiger partial charge in [0.25, 0.3) is 0 Å². The van der Waals surface area contributed by atoms with Crippen LogP contribution in [0.2, 0.25) is 0 Å². The molecule has 1 saturated heterocycles. The fourth-order valence-corrected chi connectivity index (χ4v) is 6.63. The third kappa shape index (κ3) is 6.40. The zero-order chi connectivity index (χ0) is 31.0. The van der Waals surface area contributed by atoms with Gasteiger partial charge >= 0.3 is 0 Å². The van der Waals surface area contributed by atoms with Crippen molar-refractivity contribution in [2.75, 3.05) is 29.6 Å². The van der Waals surface area contributed by atoms with E-state index in [1.54, 1.807) is 0 Å². The predicted molar refractivity (Wildman–Crippen MR) is 189 cm³/mol. The Morgan fingerprint density at radius 1 is 0.419 bits per heavy atom. The van der Waals surface area contributed by atoms with Gasteiger partial charge in [-0.2, -0.15) is 0 Å². The highest BCUT2D eigenvalue weighted by Gasteiger charge is 2.30. The molecule has 0 amide bonds. The van der Waals surface area contributed by atoms with Crippen molar-refractivity contribution in [3.05, 3.63) is 106 Å². The van der Waals surface area contributed by atoms with Crippen LogP contribution >= 0.6 is 0 Å². The minimum atomic E-state index is 0.443. The van der Waals surface area contributed by atoms with E-state index < -0.39 is 0 Å². The highest BCUT2D eigenvalue weighted by atomic mass is 15.4.